The fourth-order valence-electron chi connectivity index (χ4n) is 1.41. The van der Waals surface area contributed by atoms with Crippen LogP contribution in [-0.4, -0.2) is 50.7 Å². The van der Waals surface area contributed by atoms with Crippen LogP contribution in [0.3, 0.4) is 0 Å². The quantitative estimate of drug-likeness (QED) is 0.731. The van der Waals surface area contributed by atoms with Gasteiger partial charge in [-0.05, 0) is 13.8 Å². The van der Waals surface area contributed by atoms with E-state index >= 15 is 0 Å². The van der Waals surface area contributed by atoms with Crippen molar-refractivity contribution < 1.29 is 14.3 Å². The molecule has 4 nitrogen and oxygen atoms in total. The first-order valence-electron chi connectivity index (χ1n) is 5.49. The van der Waals surface area contributed by atoms with Gasteiger partial charge in [-0.2, -0.15) is 0 Å². The number of rotatable bonds is 6. The van der Waals surface area contributed by atoms with Gasteiger partial charge in [-0.25, -0.2) is 4.79 Å². The zero-order valence-corrected chi connectivity index (χ0v) is 11.8. The zero-order valence-electron chi connectivity index (χ0n) is 10.9. The Morgan fingerprint density at radius 3 is 2.25 bits per heavy atom. The Morgan fingerprint density at radius 2 is 1.88 bits per heavy atom. The summed E-state index contributed by atoms with van der Waals surface area (Å²) >= 11 is 0. The molecule has 0 saturated carbocycles. The molecule has 0 aliphatic carbocycles. The maximum absolute atomic E-state index is 11.3. The summed E-state index contributed by atoms with van der Waals surface area (Å²) < 4.78 is 5.23. The third-order valence-corrected chi connectivity index (χ3v) is 3.36. The van der Waals surface area contributed by atoms with Crippen molar-refractivity contribution in [3.05, 3.63) is 0 Å². The minimum atomic E-state index is -1.06. The summed E-state index contributed by atoms with van der Waals surface area (Å²) in [5, 5.41) is 2.57. The number of hydrogen-bond acceptors (Lipinski definition) is 3. The predicted molar refractivity (Wildman–Crippen MR) is 68.8 cm³/mol. The Balaban J connectivity index is 4.31. The van der Waals surface area contributed by atoms with Crippen LogP contribution in [0.4, 0.5) is 4.79 Å². The molecule has 0 radical (unpaired) electrons. The molecule has 1 N–H and O–H groups in total. The highest BCUT2D eigenvalue weighted by Gasteiger charge is 2.27. The van der Waals surface area contributed by atoms with Crippen LogP contribution in [0, 0.1) is 0 Å². The summed E-state index contributed by atoms with van der Waals surface area (Å²) in [6.45, 7) is 10.4. The van der Waals surface area contributed by atoms with Gasteiger partial charge in [0, 0.05) is 40.2 Å². The van der Waals surface area contributed by atoms with Gasteiger partial charge in [0.15, 0.2) is 0 Å². The van der Waals surface area contributed by atoms with Crippen molar-refractivity contribution in [3.8, 4) is 0 Å². The van der Waals surface area contributed by atoms with Gasteiger partial charge in [-0.1, -0.05) is 0 Å². The van der Waals surface area contributed by atoms with Crippen LogP contribution in [0.2, 0.25) is 0 Å². The minimum absolute atomic E-state index is 0.0581. The predicted octanol–water partition coefficient (Wildman–Crippen LogP) is 1.99. The first-order chi connectivity index (χ1) is 7.24. The van der Waals surface area contributed by atoms with Gasteiger partial charge in [-0.3, -0.25) is 4.79 Å². The van der Waals surface area contributed by atoms with Gasteiger partial charge in [0.25, 0.3) is 0 Å². The Labute approximate surface area is 98.5 Å². The Hall–Kier alpha value is -0.630. The van der Waals surface area contributed by atoms with Gasteiger partial charge in [0.05, 0.1) is 6.16 Å². The molecule has 0 aliphatic heterocycles. The van der Waals surface area contributed by atoms with E-state index in [0.29, 0.717) is 13.0 Å². The summed E-state index contributed by atoms with van der Waals surface area (Å²) in [5.74, 6) is 0.0581. The molecule has 0 saturated heterocycles. The summed E-state index contributed by atoms with van der Waals surface area (Å²) in [4.78, 5) is 22.4. The van der Waals surface area contributed by atoms with Crippen molar-refractivity contribution in [1.82, 2.24) is 5.32 Å². The second-order valence-electron chi connectivity index (χ2n) is 4.94. The van der Waals surface area contributed by atoms with Crippen molar-refractivity contribution >= 4 is 19.1 Å². The molecule has 1 amide bonds. The molecule has 0 spiro atoms. The van der Waals surface area contributed by atoms with E-state index in [0.717, 1.165) is 6.16 Å². The van der Waals surface area contributed by atoms with E-state index in [2.05, 4.69) is 25.3 Å². The standard InChI is InChI=1S/C11H22NO3P/c1-6-12-11(14)15-10(7-9(2)13)8-16(3,4)5/h10H,6-8H2,1-5H3/p+1. The van der Waals surface area contributed by atoms with Gasteiger partial charge < -0.3 is 10.1 Å². The van der Waals surface area contributed by atoms with Crippen LogP contribution in [0.5, 0.6) is 0 Å². The summed E-state index contributed by atoms with van der Waals surface area (Å²) in [6, 6.07) is 0. The molecule has 0 aromatic heterocycles. The molecule has 0 fully saturated rings. The minimum Gasteiger partial charge on any atom is -0.442 e. The summed E-state index contributed by atoms with van der Waals surface area (Å²) in [7, 11) is -1.06. The van der Waals surface area contributed by atoms with Crippen molar-refractivity contribution in [2.75, 3.05) is 32.7 Å². The monoisotopic (exact) mass is 248 g/mol. The van der Waals surface area contributed by atoms with Crippen molar-refractivity contribution in [3.63, 3.8) is 0 Å². The molecule has 16 heavy (non-hydrogen) atoms. The van der Waals surface area contributed by atoms with Crippen LogP contribution in [0.15, 0.2) is 0 Å². The number of carbonyl (C=O) groups excluding carboxylic acids is 2. The highest BCUT2D eigenvalue weighted by Crippen LogP contribution is 2.47. The number of hydrogen-bond donors (Lipinski definition) is 1. The average Bonchev–Trinajstić information content (AvgIpc) is 1.98. The van der Waals surface area contributed by atoms with E-state index in [9.17, 15) is 9.59 Å². The molecule has 0 aromatic rings. The van der Waals surface area contributed by atoms with Crippen LogP contribution in [-0.2, 0) is 9.53 Å². The fourth-order valence-corrected chi connectivity index (χ4v) is 2.84. The number of amides is 1. The second kappa shape index (κ2) is 6.85. The highest BCUT2D eigenvalue weighted by atomic mass is 31.2. The maximum atomic E-state index is 11.3. The van der Waals surface area contributed by atoms with E-state index in [1.54, 1.807) is 0 Å². The SMILES string of the molecule is CCNC(=O)OC(CC(C)=O)C[P+](C)(C)C. The van der Waals surface area contributed by atoms with Crippen molar-refractivity contribution in [2.45, 2.75) is 26.4 Å². The van der Waals surface area contributed by atoms with E-state index < -0.39 is 13.4 Å². The first kappa shape index (κ1) is 15.4. The lowest BCUT2D eigenvalue weighted by molar-refractivity contribution is -0.118. The molecule has 0 rings (SSSR count). The van der Waals surface area contributed by atoms with Crippen LogP contribution in [0.25, 0.3) is 0 Å². The smallest absolute Gasteiger partial charge is 0.407 e. The van der Waals surface area contributed by atoms with E-state index in [1.807, 2.05) is 6.92 Å². The van der Waals surface area contributed by atoms with Gasteiger partial charge in [-0.15, -0.1) is 0 Å². The summed E-state index contributed by atoms with van der Waals surface area (Å²) in [6.07, 6.45) is 0.401. The maximum Gasteiger partial charge on any atom is 0.407 e. The molecule has 5 heteroatoms. The lowest BCUT2D eigenvalue weighted by Gasteiger charge is -2.20. The zero-order chi connectivity index (χ0) is 12.8. The van der Waals surface area contributed by atoms with Gasteiger partial charge >= 0.3 is 6.09 Å². The van der Waals surface area contributed by atoms with Gasteiger partial charge in [0.2, 0.25) is 0 Å². The third-order valence-electron chi connectivity index (χ3n) is 1.86. The van der Waals surface area contributed by atoms with Gasteiger partial charge in [0.1, 0.15) is 11.9 Å². The average molecular weight is 248 g/mol. The van der Waals surface area contributed by atoms with Crippen LogP contribution in [0.1, 0.15) is 20.3 Å². The third kappa shape index (κ3) is 8.66. The molecule has 0 heterocycles. The van der Waals surface area contributed by atoms with E-state index in [1.165, 1.54) is 6.92 Å². The fraction of sp³-hybridized carbons (Fsp3) is 0.818. The number of ketones is 1. The first-order valence-corrected chi connectivity index (χ1v) is 8.80. The normalized spacial score (nSPS) is 13.1. The Kier molecular flexibility index (Phi) is 6.58. The number of carbonyl (C=O) groups is 2. The number of Topliss-reactive ketones (excluding diaryl/α,β-unsaturated/α-hetero) is 1. The van der Waals surface area contributed by atoms with Crippen LogP contribution >= 0.6 is 7.26 Å². The lowest BCUT2D eigenvalue weighted by atomic mass is 10.2. The number of ether oxygens (including phenoxy) is 1. The Bertz CT molecular complexity index is 248. The molecular formula is C11H23NO3P+. The number of nitrogens with one attached hydrogen (secondary N) is 1. The van der Waals surface area contributed by atoms with Crippen molar-refractivity contribution in [1.29, 1.82) is 0 Å². The van der Waals surface area contributed by atoms with Crippen molar-refractivity contribution in [2.24, 2.45) is 0 Å². The molecule has 1 unspecified atom stereocenters. The highest BCUT2D eigenvalue weighted by molar-refractivity contribution is 7.73. The molecule has 0 bridgehead atoms. The molecular weight excluding hydrogens is 225 g/mol. The molecule has 1 atom stereocenters. The molecule has 0 aromatic carbocycles. The molecule has 94 valence electrons. The van der Waals surface area contributed by atoms with E-state index in [-0.39, 0.29) is 11.9 Å². The number of alkyl carbamates (subject to hydrolysis) is 1. The lowest BCUT2D eigenvalue weighted by Crippen LogP contribution is -2.32. The second-order valence-corrected chi connectivity index (χ2v) is 9.88. The van der Waals surface area contributed by atoms with E-state index in [4.69, 9.17) is 4.74 Å². The largest absolute Gasteiger partial charge is 0.442 e. The topological polar surface area (TPSA) is 55.4 Å². The summed E-state index contributed by atoms with van der Waals surface area (Å²) in [5.41, 5.74) is 0. The Morgan fingerprint density at radius 1 is 1.31 bits per heavy atom. The van der Waals surface area contributed by atoms with Crippen LogP contribution < -0.4 is 5.32 Å². The molecule has 0 aliphatic rings.